The third-order valence-electron chi connectivity index (χ3n) is 2.56. The lowest BCUT2D eigenvalue weighted by atomic mass is 10.1. The van der Waals surface area contributed by atoms with E-state index < -0.39 is 0 Å². The Balaban J connectivity index is 2.21. The molecule has 4 heteroatoms. The molecular formula is C15H11Cl2NO. The quantitative estimate of drug-likeness (QED) is 0.515. The molecule has 0 aliphatic carbocycles. The van der Waals surface area contributed by atoms with Gasteiger partial charge < -0.3 is 5.73 Å². The fraction of sp³-hybridized carbons (Fsp3) is 0. The van der Waals surface area contributed by atoms with Crippen LogP contribution in [0.1, 0.15) is 15.9 Å². The minimum absolute atomic E-state index is 0.190. The summed E-state index contributed by atoms with van der Waals surface area (Å²) in [4.78, 5) is 12.0. The third kappa shape index (κ3) is 3.60. The van der Waals surface area contributed by atoms with E-state index in [0.29, 0.717) is 21.3 Å². The zero-order valence-electron chi connectivity index (χ0n) is 9.94. The van der Waals surface area contributed by atoms with Gasteiger partial charge in [-0.1, -0.05) is 41.4 Å². The first-order valence-corrected chi connectivity index (χ1v) is 6.35. The molecule has 0 radical (unpaired) electrons. The van der Waals surface area contributed by atoms with Crippen molar-refractivity contribution in [2.24, 2.45) is 0 Å². The van der Waals surface area contributed by atoms with Gasteiger partial charge in [0.1, 0.15) is 0 Å². The topological polar surface area (TPSA) is 43.1 Å². The van der Waals surface area contributed by atoms with E-state index in [1.807, 2.05) is 12.1 Å². The van der Waals surface area contributed by atoms with Crippen molar-refractivity contribution < 1.29 is 4.79 Å². The van der Waals surface area contributed by atoms with Crippen LogP contribution in [0.4, 0.5) is 5.69 Å². The molecule has 0 spiro atoms. The molecule has 0 heterocycles. The molecule has 0 atom stereocenters. The van der Waals surface area contributed by atoms with Gasteiger partial charge in [0.15, 0.2) is 5.78 Å². The number of carbonyl (C=O) groups is 1. The number of benzene rings is 2. The summed E-state index contributed by atoms with van der Waals surface area (Å²) in [5, 5.41) is 0.866. The zero-order valence-corrected chi connectivity index (χ0v) is 11.4. The maximum atomic E-state index is 12.0. The Morgan fingerprint density at radius 3 is 2.42 bits per heavy atom. The van der Waals surface area contributed by atoms with Crippen molar-refractivity contribution >= 4 is 40.7 Å². The molecule has 0 fully saturated rings. The summed E-state index contributed by atoms with van der Waals surface area (Å²) in [7, 11) is 0. The van der Waals surface area contributed by atoms with Crippen LogP contribution in [0.5, 0.6) is 0 Å². The molecule has 0 saturated carbocycles. The minimum Gasteiger partial charge on any atom is -0.399 e. The Labute approximate surface area is 121 Å². The number of allylic oxidation sites excluding steroid dienone is 1. The number of halogens is 2. The van der Waals surface area contributed by atoms with Gasteiger partial charge in [-0.05, 0) is 42.0 Å². The molecule has 0 unspecified atom stereocenters. The van der Waals surface area contributed by atoms with Gasteiger partial charge in [0.25, 0.3) is 0 Å². The summed E-state index contributed by atoms with van der Waals surface area (Å²) < 4.78 is 0. The lowest BCUT2D eigenvalue weighted by Crippen LogP contribution is -1.95. The standard InChI is InChI=1S/C15H11Cl2NO/c16-11-4-7-14(17)13(9-11)15(19)8-3-10-1-5-12(18)6-2-10/h1-9H,18H2/b8-3+. The van der Waals surface area contributed by atoms with E-state index in [2.05, 4.69) is 0 Å². The number of hydrogen-bond acceptors (Lipinski definition) is 2. The molecule has 2 N–H and O–H groups in total. The van der Waals surface area contributed by atoms with E-state index in [-0.39, 0.29) is 5.78 Å². The summed E-state index contributed by atoms with van der Waals surface area (Å²) in [6.07, 6.45) is 3.17. The average molecular weight is 292 g/mol. The molecule has 2 aromatic rings. The number of nitrogens with two attached hydrogens (primary N) is 1. The van der Waals surface area contributed by atoms with Crippen LogP contribution in [0.2, 0.25) is 10.0 Å². The van der Waals surface area contributed by atoms with Crippen LogP contribution >= 0.6 is 23.2 Å². The third-order valence-corrected chi connectivity index (χ3v) is 3.12. The molecule has 2 aromatic carbocycles. The Kier molecular flexibility index (Phi) is 4.25. The number of rotatable bonds is 3. The fourth-order valence-corrected chi connectivity index (χ4v) is 1.94. The first-order valence-electron chi connectivity index (χ1n) is 5.59. The molecule has 2 rings (SSSR count). The van der Waals surface area contributed by atoms with Gasteiger partial charge >= 0.3 is 0 Å². The Hall–Kier alpha value is -1.77. The highest BCUT2D eigenvalue weighted by Crippen LogP contribution is 2.21. The first kappa shape index (κ1) is 13.7. The first-order chi connectivity index (χ1) is 9.06. The van der Waals surface area contributed by atoms with Crippen molar-refractivity contribution in [2.45, 2.75) is 0 Å². The van der Waals surface area contributed by atoms with Crippen molar-refractivity contribution in [1.82, 2.24) is 0 Å². The van der Waals surface area contributed by atoms with Crippen molar-refractivity contribution in [2.75, 3.05) is 5.73 Å². The Morgan fingerprint density at radius 1 is 1.05 bits per heavy atom. The van der Waals surface area contributed by atoms with Crippen molar-refractivity contribution in [1.29, 1.82) is 0 Å². The number of hydrogen-bond donors (Lipinski definition) is 1. The van der Waals surface area contributed by atoms with E-state index >= 15 is 0 Å². The summed E-state index contributed by atoms with van der Waals surface area (Å²) in [5.74, 6) is -0.190. The van der Waals surface area contributed by atoms with Crippen molar-refractivity contribution in [3.63, 3.8) is 0 Å². The Morgan fingerprint density at radius 2 is 1.74 bits per heavy atom. The summed E-state index contributed by atoms with van der Waals surface area (Å²) >= 11 is 11.8. The van der Waals surface area contributed by atoms with Crippen LogP contribution in [0.15, 0.2) is 48.5 Å². The monoisotopic (exact) mass is 291 g/mol. The predicted octanol–water partition coefficient (Wildman–Crippen LogP) is 4.47. The molecule has 0 saturated heterocycles. The lowest BCUT2D eigenvalue weighted by Gasteiger charge is -2.00. The van der Waals surface area contributed by atoms with E-state index in [1.165, 1.54) is 6.08 Å². The fourth-order valence-electron chi connectivity index (χ4n) is 1.56. The summed E-state index contributed by atoms with van der Waals surface area (Å²) in [6, 6.07) is 12.0. The van der Waals surface area contributed by atoms with E-state index in [0.717, 1.165) is 5.56 Å². The van der Waals surface area contributed by atoms with Crippen LogP contribution < -0.4 is 5.73 Å². The maximum absolute atomic E-state index is 12.0. The second-order valence-corrected chi connectivity index (χ2v) is 4.83. The van der Waals surface area contributed by atoms with Gasteiger partial charge in [-0.2, -0.15) is 0 Å². The molecule has 19 heavy (non-hydrogen) atoms. The average Bonchev–Trinajstić information content (AvgIpc) is 2.40. The van der Waals surface area contributed by atoms with Gasteiger partial charge in [0.05, 0.1) is 5.02 Å². The van der Waals surface area contributed by atoms with Crippen LogP contribution in [0, 0.1) is 0 Å². The second kappa shape index (κ2) is 5.91. The van der Waals surface area contributed by atoms with Crippen molar-refractivity contribution in [3.8, 4) is 0 Å². The van der Waals surface area contributed by atoms with E-state index in [4.69, 9.17) is 28.9 Å². The van der Waals surface area contributed by atoms with Gasteiger partial charge in [-0.3, -0.25) is 4.79 Å². The highest BCUT2D eigenvalue weighted by atomic mass is 35.5. The summed E-state index contributed by atoms with van der Waals surface area (Å²) in [5.41, 5.74) is 7.55. The highest BCUT2D eigenvalue weighted by molar-refractivity contribution is 6.36. The molecule has 0 amide bonds. The molecule has 96 valence electrons. The predicted molar refractivity (Wildman–Crippen MR) is 80.7 cm³/mol. The SMILES string of the molecule is Nc1ccc(/C=C/C(=O)c2cc(Cl)ccc2Cl)cc1. The molecule has 0 aromatic heterocycles. The molecular weight excluding hydrogens is 281 g/mol. The zero-order chi connectivity index (χ0) is 13.8. The highest BCUT2D eigenvalue weighted by Gasteiger charge is 2.07. The van der Waals surface area contributed by atoms with Crippen LogP contribution in [-0.2, 0) is 0 Å². The maximum Gasteiger partial charge on any atom is 0.187 e. The van der Waals surface area contributed by atoms with Crippen LogP contribution in [0.25, 0.3) is 6.08 Å². The van der Waals surface area contributed by atoms with Crippen LogP contribution in [0.3, 0.4) is 0 Å². The largest absolute Gasteiger partial charge is 0.399 e. The molecule has 0 aliphatic heterocycles. The van der Waals surface area contributed by atoms with Gasteiger partial charge in [0, 0.05) is 16.3 Å². The molecule has 2 nitrogen and oxygen atoms in total. The number of nitrogen functional groups attached to an aromatic ring is 1. The lowest BCUT2D eigenvalue weighted by molar-refractivity contribution is 0.104. The van der Waals surface area contributed by atoms with E-state index in [1.54, 1.807) is 36.4 Å². The smallest absolute Gasteiger partial charge is 0.187 e. The molecule has 0 aliphatic rings. The van der Waals surface area contributed by atoms with Crippen LogP contribution in [-0.4, -0.2) is 5.78 Å². The second-order valence-electron chi connectivity index (χ2n) is 3.99. The Bertz CT molecular complexity index is 633. The van der Waals surface area contributed by atoms with Gasteiger partial charge in [-0.25, -0.2) is 0 Å². The van der Waals surface area contributed by atoms with Gasteiger partial charge in [-0.15, -0.1) is 0 Å². The van der Waals surface area contributed by atoms with Crippen molar-refractivity contribution in [3.05, 3.63) is 69.7 Å². The molecule has 0 bridgehead atoms. The summed E-state index contributed by atoms with van der Waals surface area (Å²) in [6.45, 7) is 0. The normalized spacial score (nSPS) is 10.8. The minimum atomic E-state index is -0.190. The number of ketones is 1. The van der Waals surface area contributed by atoms with Gasteiger partial charge in [0.2, 0.25) is 0 Å². The van der Waals surface area contributed by atoms with E-state index in [9.17, 15) is 4.79 Å². The number of anilines is 1. The number of carbonyl (C=O) groups excluding carboxylic acids is 1.